The molecule has 0 saturated carbocycles. The summed E-state index contributed by atoms with van der Waals surface area (Å²) in [6, 6.07) is 4.14. The van der Waals surface area contributed by atoms with Crippen LogP contribution in [0.2, 0.25) is 0 Å². The molecule has 2 rings (SSSR count). The standard InChI is InChI=1S/C25H35N7O6S/c1-39-10-9-17(26)22(34)31-19(12-16-13-28-14-29-16)24(36)30-18(7-8-21(27)33)23(35)32-20(25(37)38)11-15-5-3-2-4-6-15/h2-6,13-14,17-20H,7-12,26H2,1H3,(H2,27,33)(H,28,29)(H,30,36)(H,31,34)(H,32,35)(H,37,38). The minimum atomic E-state index is -1.30. The van der Waals surface area contributed by atoms with E-state index in [1.807, 2.05) is 6.26 Å². The van der Waals surface area contributed by atoms with E-state index in [9.17, 15) is 29.1 Å². The zero-order valence-corrected chi connectivity index (χ0v) is 22.4. The van der Waals surface area contributed by atoms with Gasteiger partial charge in [-0.25, -0.2) is 9.78 Å². The zero-order valence-electron chi connectivity index (χ0n) is 21.6. The molecule has 4 atom stereocenters. The summed E-state index contributed by atoms with van der Waals surface area (Å²) >= 11 is 1.53. The van der Waals surface area contributed by atoms with Crippen molar-refractivity contribution in [3.05, 3.63) is 54.1 Å². The van der Waals surface area contributed by atoms with E-state index >= 15 is 0 Å². The van der Waals surface area contributed by atoms with Crippen LogP contribution in [0.1, 0.15) is 30.5 Å². The molecule has 212 valence electrons. The number of aliphatic carboxylic acids is 1. The molecular weight excluding hydrogens is 526 g/mol. The summed E-state index contributed by atoms with van der Waals surface area (Å²) in [4.78, 5) is 69.1. The fourth-order valence-corrected chi connectivity index (χ4v) is 4.12. The molecule has 1 aromatic carbocycles. The Morgan fingerprint density at radius 1 is 0.949 bits per heavy atom. The van der Waals surface area contributed by atoms with Crippen molar-refractivity contribution in [3.63, 3.8) is 0 Å². The number of carboxylic acid groups (broad SMARTS) is 1. The first-order valence-corrected chi connectivity index (χ1v) is 13.7. The predicted molar refractivity (Wildman–Crippen MR) is 145 cm³/mol. The molecule has 2 aromatic rings. The van der Waals surface area contributed by atoms with E-state index in [1.165, 1.54) is 24.3 Å². The monoisotopic (exact) mass is 561 g/mol. The summed E-state index contributed by atoms with van der Waals surface area (Å²) in [5, 5.41) is 17.2. The molecule has 9 N–H and O–H groups in total. The van der Waals surface area contributed by atoms with Gasteiger partial charge in [0.15, 0.2) is 0 Å². The number of nitrogens with two attached hydrogens (primary N) is 2. The van der Waals surface area contributed by atoms with Crippen LogP contribution in [-0.4, -0.2) is 80.8 Å². The summed E-state index contributed by atoms with van der Waals surface area (Å²) in [5.41, 5.74) is 12.4. The molecule has 14 heteroatoms. The van der Waals surface area contributed by atoms with Crippen molar-refractivity contribution in [2.24, 2.45) is 11.5 Å². The van der Waals surface area contributed by atoms with Crippen molar-refractivity contribution in [3.8, 4) is 0 Å². The van der Waals surface area contributed by atoms with Crippen LogP contribution < -0.4 is 27.4 Å². The molecular formula is C25H35N7O6S. The molecule has 1 aromatic heterocycles. The number of nitrogens with one attached hydrogen (secondary N) is 4. The molecule has 0 spiro atoms. The third-order valence-corrected chi connectivity index (χ3v) is 6.44. The van der Waals surface area contributed by atoms with E-state index in [1.54, 1.807) is 30.3 Å². The molecule has 13 nitrogen and oxygen atoms in total. The Labute approximate surface area is 230 Å². The van der Waals surface area contributed by atoms with Crippen LogP contribution in [0.3, 0.4) is 0 Å². The Kier molecular flexibility index (Phi) is 13.0. The number of carbonyl (C=O) groups excluding carboxylic acids is 4. The summed E-state index contributed by atoms with van der Waals surface area (Å²) in [6.45, 7) is 0. The van der Waals surface area contributed by atoms with Gasteiger partial charge in [-0.3, -0.25) is 19.2 Å². The van der Waals surface area contributed by atoms with E-state index in [0.29, 0.717) is 23.4 Å². The number of benzene rings is 1. The highest BCUT2D eigenvalue weighted by Crippen LogP contribution is 2.07. The number of aromatic amines is 1. The van der Waals surface area contributed by atoms with Gasteiger partial charge in [0, 0.05) is 31.2 Å². The van der Waals surface area contributed by atoms with Crippen LogP contribution in [0, 0.1) is 0 Å². The SMILES string of the molecule is CSCCC(N)C(=O)NC(Cc1cnc[nH]1)C(=O)NC(CCC(N)=O)C(=O)NC(Cc1ccccc1)C(=O)O. The van der Waals surface area contributed by atoms with Gasteiger partial charge in [-0.1, -0.05) is 30.3 Å². The van der Waals surface area contributed by atoms with E-state index in [-0.39, 0.29) is 25.7 Å². The average Bonchev–Trinajstić information content (AvgIpc) is 3.42. The number of amides is 4. The van der Waals surface area contributed by atoms with Crippen LogP contribution in [-0.2, 0) is 36.8 Å². The number of carboxylic acids is 1. The van der Waals surface area contributed by atoms with Gasteiger partial charge in [0.05, 0.1) is 12.4 Å². The maximum atomic E-state index is 13.3. The van der Waals surface area contributed by atoms with Gasteiger partial charge in [-0.05, 0) is 30.4 Å². The fraction of sp³-hybridized carbons (Fsp3) is 0.440. The highest BCUT2D eigenvalue weighted by atomic mass is 32.2. The largest absolute Gasteiger partial charge is 0.480 e. The maximum absolute atomic E-state index is 13.3. The van der Waals surface area contributed by atoms with Gasteiger partial charge in [0.25, 0.3) is 0 Å². The van der Waals surface area contributed by atoms with Gasteiger partial charge in [0.1, 0.15) is 18.1 Å². The summed E-state index contributed by atoms with van der Waals surface area (Å²) in [7, 11) is 0. The zero-order chi connectivity index (χ0) is 28.8. The quantitative estimate of drug-likeness (QED) is 0.127. The Bertz CT molecular complexity index is 1100. The lowest BCUT2D eigenvalue weighted by Gasteiger charge is -2.25. The molecule has 39 heavy (non-hydrogen) atoms. The van der Waals surface area contributed by atoms with Crippen molar-refractivity contribution in [1.82, 2.24) is 25.9 Å². The van der Waals surface area contributed by atoms with Gasteiger partial charge in [-0.15, -0.1) is 0 Å². The molecule has 4 amide bonds. The number of nitrogens with zero attached hydrogens (tertiary/aromatic N) is 1. The first-order valence-electron chi connectivity index (χ1n) is 12.3. The van der Waals surface area contributed by atoms with Crippen LogP contribution in [0.5, 0.6) is 0 Å². The molecule has 0 aliphatic heterocycles. The Morgan fingerprint density at radius 2 is 1.59 bits per heavy atom. The van der Waals surface area contributed by atoms with Crippen LogP contribution in [0.25, 0.3) is 0 Å². The average molecular weight is 562 g/mol. The van der Waals surface area contributed by atoms with Gasteiger partial charge >= 0.3 is 5.97 Å². The third-order valence-electron chi connectivity index (χ3n) is 5.79. The van der Waals surface area contributed by atoms with Crippen LogP contribution in [0.15, 0.2) is 42.9 Å². The number of hydrogen-bond donors (Lipinski definition) is 7. The number of hydrogen-bond acceptors (Lipinski definition) is 8. The topological polar surface area (TPSA) is 222 Å². The molecule has 0 bridgehead atoms. The van der Waals surface area contributed by atoms with E-state index in [4.69, 9.17) is 11.5 Å². The van der Waals surface area contributed by atoms with E-state index in [2.05, 4.69) is 25.9 Å². The lowest BCUT2D eigenvalue weighted by Crippen LogP contribution is -2.58. The lowest BCUT2D eigenvalue weighted by atomic mass is 10.0. The first kappa shape index (κ1) is 31.3. The number of rotatable bonds is 17. The minimum absolute atomic E-state index is 0.00480. The summed E-state index contributed by atoms with van der Waals surface area (Å²) < 4.78 is 0. The second-order valence-corrected chi connectivity index (χ2v) is 9.87. The number of H-pyrrole nitrogens is 1. The van der Waals surface area contributed by atoms with Crippen molar-refractivity contribution in [1.29, 1.82) is 0 Å². The fourth-order valence-electron chi connectivity index (χ4n) is 3.63. The Morgan fingerprint density at radius 3 is 2.18 bits per heavy atom. The molecule has 0 aliphatic rings. The van der Waals surface area contributed by atoms with Crippen molar-refractivity contribution < 1.29 is 29.1 Å². The van der Waals surface area contributed by atoms with Crippen LogP contribution in [0.4, 0.5) is 0 Å². The lowest BCUT2D eigenvalue weighted by molar-refractivity contribution is -0.142. The van der Waals surface area contributed by atoms with Crippen molar-refractivity contribution >= 4 is 41.4 Å². The third kappa shape index (κ3) is 11.2. The van der Waals surface area contributed by atoms with Crippen molar-refractivity contribution in [2.75, 3.05) is 12.0 Å². The number of carbonyl (C=O) groups is 5. The minimum Gasteiger partial charge on any atom is -0.480 e. The highest BCUT2D eigenvalue weighted by Gasteiger charge is 2.31. The molecule has 0 saturated heterocycles. The number of primary amides is 1. The molecule has 0 radical (unpaired) electrons. The normalized spacial score (nSPS) is 13.9. The first-order chi connectivity index (χ1) is 18.6. The molecule has 1 heterocycles. The second kappa shape index (κ2) is 16.1. The van der Waals surface area contributed by atoms with Crippen LogP contribution >= 0.6 is 11.8 Å². The predicted octanol–water partition coefficient (Wildman–Crippen LogP) is -0.920. The van der Waals surface area contributed by atoms with Gasteiger partial charge < -0.3 is 37.5 Å². The van der Waals surface area contributed by atoms with Gasteiger partial charge in [-0.2, -0.15) is 11.8 Å². The number of aromatic nitrogens is 2. The molecule has 4 unspecified atom stereocenters. The molecule has 0 fully saturated rings. The molecule has 0 aliphatic carbocycles. The second-order valence-electron chi connectivity index (χ2n) is 8.89. The number of thioether (sulfide) groups is 1. The number of imidazole rings is 1. The Hall–Kier alpha value is -3.91. The Balaban J connectivity index is 2.19. The maximum Gasteiger partial charge on any atom is 0.326 e. The smallest absolute Gasteiger partial charge is 0.326 e. The summed E-state index contributed by atoms with van der Waals surface area (Å²) in [6.07, 6.45) is 4.77. The van der Waals surface area contributed by atoms with Crippen molar-refractivity contribution in [2.45, 2.75) is 56.3 Å². The van der Waals surface area contributed by atoms with E-state index in [0.717, 1.165) is 0 Å². The summed E-state index contributed by atoms with van der Waals surface area (Å²) in [5.74, 6) is -3.41. The highest BCUT2D eigenvalue weighted by molar-refractivity contribution is 7.98. The van der Waals surface area contributed by atoms with Gasteiger partial charge in [0.2, 0.25) is 23.6 Å². The van der Waals surface area contributed by atoms with E-state index < -0.39 is 53.8 Å².